The minimum absolute atomic E-state index is 0.122. The van der Waals surface area contributed by atoms with Crippen LogP contribution in [0.3, 0.4) is 0 Å². The summed E-state index contributed by atoms with van der Waals surface area (Å²) in [6, 6.07) is 10.1. The van der Waals surface area contributed by atoms with Gasteiger partial charge in [0.2, 0.25) is 0 Å². The topological polar surface area (TPSA) is 49.7 Å². The molecular formula is C15H24O3. The molecule has 0 radical (unpaired) electrons. The number of ether oxygens (including phenoxy) is 1. The summed E-state index contributed by atoms with van der Waals surface area (Å²) >= 11 is 0. The van der Waals surface area contributed by atoms with Gasteiger partial charge in [-0.25, -0.2) is 0 Å². The zero-order chi connectivity index (χ0) is 13.5. The fourth-order valence-corrected chi connectivity index (χ4v) is 1.96. The molecule has 0 fully saturated rings. The van der Waals surface area contributed by atoms with Crippen LogP contribution in [-0.2, 0) is 11.2 Å². The van der Waals surface area contributed by atoms with Gasteiger partial charge in [0.1, 0.15) is 0 Å². The lowest BCUT2D eigenvalue weighted by Gasteiger charge is -2.25. The fourth-order valence-electron chi connectivity index (χ4n) is 1.96. The van der Waals surface area contributed by atoms with Gasteiger partial charge in [-0.2, -0.15) is 0 Å². The molecule has 3 heteroatoms. The van der Waals surface area contributed by atoms with Crippen molar-refractivity contribution in [1.82, 2.24) is 0 Å². The monoisotopic (exact) mass is 252 g/mol. The van der Waals surface area contributed by atoms with E-state index in [9.17, 15) is 5.11 Å². The lowest BCUT2D eigenvalue weighted by Crippen LogP contribution is -2.34. The molecule has 0 saturated heterocycles. The molecule has 4 atom stereocenters. The molecule has 18 heavy (non-hydrogen) atoms. The largest absolute Gasteiger partial charge is 0.391 e. The summed E-state index contributed by atoms with van der Waals surface area (Å²) in [5.74, 6) is 0.122. The van der Waals surface area contributed by atoms with E-state index in [2.05, 4.69) is 12.1 Å². The van der Waals surface area contributed by atoms with Crippen LogP contribution in [0, 0.1) is 5.92 Å². The first-order valence-corrected chi connectivity index (χ1v) is 6.52. The molecule has 0 saturated carbocycles. The van der Waals surface area contributed by atoms with E-state index in [1.165, 1.54) is 5.56 Å². The third-order valence-electron chi connectivity index (χ3n) is 3.06. The van der Waals surface area contributed by atoms with E-state index in [1.807, 2.05) is 32.0 Å². The minimum Gasteiger partial charge on any atom is -0.391 e. The van der Waals surface area contributed by atoms with E-state index in [1.54, 1.807) is 6.92 Å². The highest BCUT2D eigenvalue weighted by atomic mass is 16.5. The van der Waals surface area contributed by atoms with Crippen molar-refractivity contribution in [2.45, 2.75) is 45.5 Å². The molecular weight excluding hydrogens is 228 g/mol. The third-order valence-corrected chi connectivity index (χ3v) is 3.06. The lowest BCUT2D eigenvalue weighted by atomic mass is 9.93. The minimum atomic E-state index is -0.524. The Morgan fingerprint density at radius 2 is 1.67 bits per heavy atom. The average molecular weight is 252 g/mol. The maximum atomic E-state index is 10.2. The predicted molar refractivity (Wildman–Crippen MR) is 72.4 cm³/mol. The van der Waals surface area contributed by atoms with Crippen molar-refractivity contribution < 1.29 is 14.9 Å². The molecule has 1 rings (SSSR count). The van der Waals surface area contributed by atoms with E-state index in [0.717, 1.165) is 6.42 Å². The smallest absolute Gasteiger partial charge is 0.0827 e. The van der Waals surface area contributed by atoms with Crippen LogP contribution in [0.5, 0.6) is 0 Å². The molecule has 0 aliphatic carbocycles. The highest BCUT2D eigenvalue weighted by Gasteiger charge is 2.22. The SMILES string of the molecule is CC(O)COC(C)C(O)C(C)Cc1ccccc1. The van der Waals surface area contributed by atoms with Crippen molar-refractivity contribution in [3.8, 4) is 0 Å². The summed E-state index contributed by atoms with van der Waals surface area (Å²) in [5, 5.41) is 19.3. The normalized spacial score (nSPS) is 18.1. The van der Waals surface area contributed by atoms with E-state index in [4.69, 9.17) is 9.84 Å². The quantitative estimate of drug-likeness (QED) is 0.780. The van der Waals surface area contributed by atoms with Crippen molar-refractivity contribution in [1.29, 1.82) is 0 Å². The molecule has 3 nitrogen and oxygen atoms in total. The highest BCUT2D eigenvalue weighted by molar-refractivity contribution is 5.15. The molecule has 102 valence electrons. The first-order chi connectivity index (χ1) is 8.50. The summed E-state index contributed by atoms with van der Waals surface area (Å²) in [6.07, 6.45) is -0.462. The molecule has 0 heterocycles. The fraction of sp³-hybridized carbons (Fsp3) is 0.600. The van der Waals surface area contributed by atoms with Crippen LogP contribution in [0.15, 0.2) is 30.3 Å². The predicted octanol–water partition coefficient (Wildman–Crippen LogP) is 2.01. The first-order valence-electron chi connectivity index (χ1n) is 6.52. The lowest BCUT2D eigenvalue weighted by molar-refractivity contribution is -0.0706. The number of aliphatic hydroxyl groups is 2. The van der Waals surface area contributed by atoms with Gasteiger partial charge < -0.3 is 14.9 Å². The second kappa shape index (κ2) is 7.52. The van der Waals surface area contributed by atoms with E-state index in [-0.39, 0.29) is 18.6 Å². The van der Waals surface area contributed by atoms with Gasteiger partial charge in [-0.3, -0.25) is 0 Å². The molecule has 4 unspecified atom stereocenters. The first kappa shape index (κ1) is 15.2. The van der Waals surface area contributed by atoms with Crippen LogP contribution in [0.4, 0.5) is 0 Å². The van der Waals surface area contributed by atoms with Crippen molar-refractivity contribution in [3.63, 3.8) is 0 Å². The average Bonchev–Trinajstić information content (AvgIpc) is 2.36. The number of aliphatic hydroxyl groups excluding tert-OH is 2. The Balaban J connectivity index is 2.43. The Bertz CT molecular complexity index is 324. The Morgan fingerprint density at radius 3 is 2.22 bits per heavy atom. The number of benzene rings is 1. The summed E-state index contributed by atoms with van der Waals surface area (Å²) in [6.45, 7) is 5.79. The van der Waals surface area contributed by atoms with Gasteiger partial charge in [-0.05, 0) is 31.7 Å². The van der Waals surface area contributed by atoms with E-state index >= 15 is 0 Å². The molecule has 0 bridgehead atoms. The van der Waals surface area contributed by atoms with Crippen LogP contribution in [0.1, 0.15) is 26.3 Å². The molecule has 0 aromatic heterocycles. The van der Waals surface area contributed by atoms with Gasteiger partial charge >= 0.3 is 0 Å². The molecule has 0 spiro atoms. The highest BCUT2D eigenvalue weighted by Crippen LogP contribution is 2.16. The zero-order valence-corrected chi connectivity index (χ0v) is 11.4. The van der Waals surface area contributed by atoms with Crippen molar-refractivity contribution in [2.75, 3.05) is 6.61 Å². The van der Waals surface area contributed by atoms with Gasteiger partial charge in [0, 0.05) is 0 Å². The van der Waals surface area contributed by atoms with Crippen molar-refractivity contribution in [2.24, 2.45) is 5.92 Å². The Labute approximate surface area is 109 Å². The second-order valence-electron chi connectivity index (χ2n) is 5.05. The standard InChI is InChI=1S/C15H24O3/c1-11(9-14-7-5-4-6-8-14)15(17)13(3)18-10-12(2)16/h4-8,11-13,15-17H,9-10H2,1-3H3. The number of hydrogen-bond donors (Lipinski definition) is 2. The molecule has 1 aromatic carbocycles. The third kappa shape index (κ3) is 5.17. The van der Waals surface area contributed by atoms with E-state index < -0.39 is 12.2 Å². The summed E-state index contributed by atoms with van der Waals surface area (Å²) in [7, 11) is 0. The van der Waals surface area contributed by atoms with Gasteiger partial charge in [-0.1, -0.05) is 37.3 Å². The van der Waals surface area contributed by atoms with Crippen LogP contribution in [0.2, 0.25) is 0 Å². The number of rotatable bonds is 7. The Kier molecular flexibility index (Phi) is 6.33. The van der Waals surface area contributed by atoms with Gasteiger partial charge in [0.25, 0.3) is 0 Å². The summed E-state index contributed by atoms with van der Waals surface area (Å²) in [5.41, 5.74) is 1.21. The molecule has 0 amide bonds. The van der Waals surface area contributed by atoms with Crippen LogP contribution >= 0.6 is 0 Å². The number of hydrogen-bond acceptors (Lipinski definition) is 3. The van der Waals surface area contributed by atoms with Gasteiger partial charge in [0.05, 0.1) is 24.9 Å². The molecule has 0 aliphatic rings. The molecule has 1 aromatic rings. The van der Waals surface area contributed by atoms with Gasteiger partial charge in [0.15, 0.2) is 0 Å². The van der Waals surface area contributed by atoms with Crippen molar-refractivity contribution >= 4 is 0 Å². The van der Waals surface area contributed by atoms with Crippen molar-refractivity contribution in [3.05, 3.63) is 35.9 Å². The van der Waals surface area contributed by atoms with Crippen LogP contribution in [-0.4, -0.2) is 35.1 Å². The van der Waals surface area contributed by atoms with Gasteiger partial charge in [-0.15, -0.1) is 0 Å². The zero-order valence-electron chi connectivity index (χ0n) is 11.4. The summed E-state index contributed by atoms with van der Waals surface area (Å²) in [4.78, 5) is 0. The maximum Gasteiger partial charge on any atom is 0.0827 e. The molecule has 0 aliphatic heterocycles. The Hall–Kier alpha value is -0.900. The maximum absolute atomic E-state index is 10.2. The van der Waals surface area contributed by atoms with E-state index in [0.29, 0.717) is 0 Å². The Morgan fingerprint density at radius 1 is 1.06 bits per heavy atom. The second-order valence-corrected chi connectivity index (χ2v) is 5.05. The summed E-state index contributed by atoms with van der Waals surface area (Å²) < 4.78 is 5.42. The van der Waals surface area contributed by atoms with Crippen LogP contribution < -0.4 is 0 Å². The van der Waals surface area contributed by atoms with Crippen LogP contribution in [0.25, 0.3) is 0 Å². The molecule has 2 N–H and O–H groups in total.